The maximum Gasteiger partial charge on any atom is 0.260 e. The van der Waals surface area contributed by atoms with Crippen molar-refractivity contribution in [2.24, 2.45) is 5.10 Å². The number of benzene rings is 2. The van der Waals surface area contributed by atoms with Gasteiger partial charge in [0.1, 0.15) is 12.4 Å². The highest BCUT2D eigenvalue weighted by molar-refractivity contribution is 5.99. The van der Waals surface area contributed by atoms with Crippen molar-refractivity contribution in [3.8, 4) is 11.5 Å². The minimum Gasteiger partial charge on any atom is -0.490 e. The van der Waals surface area contributed by atoms with Gasteiger partial charge in [0.05, 0.1) is 30.0 Å². The third-order valence-electron chi connectivity index (χ3n) is 4.46. The fraction of sp³-hybridized carbons (Fsp3) is 0.318. The Bertz CT molecular complexity index is 1040. The molecule has 0 atom stereocenters. The van der Waals surface area contributed by atoms with E-state index in [9.17, 15) is 4.79 Å². The highest BCUT2D eigenvalue weighted by Crippen LogP contribution is 2.28. The van der Waals surface area contributed by atoms with Crippen LogP contribution in [0.4, 0.5) is 0 Å². The summed E-state index contributed by atoms with van der Waals surface area (Å²) in [7, 11) is 0. The molecule has 0 aliphatic heterocycles. The minimum absolute atomic E-state index is 0.149. The van der Waals surface area contributed by atoms with E-state index in [0.717, 1.165) is 22.4 Å². The molecule has 0 saturated carbocycles. The zero-order chi connectivity index (χ0) is 20.8. The Morgan fingerprint density at radius 1 is 1.10 bits per heavy atom. The van der Waals surface area contributed by atoms with Gasteiger partial charge in [0.2, 0.25) is 0 Å². The lowest BCUT2D eigenvalue weighted by molar-refractivity contribution is -0.121. The third kappa shape index (κ3) is 4.74. The van der Waals surface area contributed by atoms with Gasteiger partial charge < -0.3 is 14.0 Å². The summed E-state index contributed by atoms with van der Waals surface area (Å²) in [5.74, 6) is 1.92. The van der Waals surface area contributed by atoms with Crippen LogP contribution in [0.2, 0.25) is 0 Å². The lowest BCUT2D eigenvalue weighted by Crippen LogP contribution is -2.24. The second-order valence-electron chi connectivity index (χ2n) is 6.49. The number of carbonyl (C=O) groups excluding carboxylic acids is 1. The molecule has 0 aliphatic rings. The number of rotatable bonds is 8. The number of nitrogens with one attached hydrogen (secondary N) is 1. The lowest BCUT2D eigenvalue weighted by Gasteiger charge is -2.12. The molecule has 3 aromatic rings. The molecule has 0 unspecified atom stereocenters. The number of nitrogens with zero attached hydrogens (tertiary/aromatic N) is 3. The molecule has 3 rings (SSSR count). The number of carbonyl (C=O) groups is 1. The number of ether oxygens (including phenoxy) is 2. The molecule has 1 heterocycles. The highest BCUT2D eigenvalue weighted by Gasteiger charge is 2.11. The van der Waals surface area contributed by atoms with Crippen LogP contribution in [0.3, 0.4) is 0 Å². The molecule has 0 aliphatic carbocycles. The van der Waals surface area contributed by atoms with Gasteiger partial charge in [-0.3, -0.25) is 4.79 Å². The van der Waals surface area contributed by atoms with Gasteiger partial charge >= 0.3 is 0 Å². The maximum absolute atomic E-state index is 12.4. The van der Waals surface area contributed by atoms with Gasteiger partial charge in [0.15, 0.2) is 11.5 Å². The average Bonchev–Trinajstić information content (AvgIpc) is 3.03. The summed E-state index contributed by atoms with van der Waals surface area (Å²) in [5, 5.41) is 4.25. The summed E-state index contributed by atoms with van der Waals surface area (Å²) in [6.45, 7) is 8.82. The molecule has 7 nitrogen and oxygen atoms in total. The van der Waals surface area contributed by atoms with Crippen LogP contribution < -0.4 is 14.9 Å². The van der Waals surface area contributed by atoms with E-state index in [2.05, 4.69) is 15.5 Å². The number of aryl methyl sites for hydroxylation is 1. The van der Waals surface area contributed by atoms with E-state index in [1.54, 1.807) is 0 Å². The molecule has 0 fully saturated rings. The van der Waals surface area contributed by atoms with E-state index in [1.807, 2.05) is 74.7 Å². The Morgan fingerprint density at radius 3 is 2.59 bits per heavy atom. The zero-order valence-corrected chi connectivity index (χ0v) is 17.2. The Balaban J connectivity index is 1.72. The number of hydrogen-bond acceptors (Lipinski definition) is 5. The SMILES string of the molecule is CCOc1ccc(/C(C)=N\NC(=O)Cn2c(C)nc3ccccc32)cc1OCC. The number of hydrogen-bond donors (Lipinski definition) is 1. The number of hydrazone groups is 1. The molecular formula is C22H26N4O3. The first kappa shape index (κ1) is 20.4. The van der Waals surface area contributed by atoms with Crippen LogP contribution in [-0.4, -0.2) is 34.4 Å². The van der Waals surface area contributed by atoms with Gasteiger partial charge in [-0.15, -0.1) is 0 Å². The van der Waals surface area contributed by atoms with Crippen LogP contribution in [0.25, 0.3) is 11.0 Å². The Morgan fingerprint density at radius 2 is 1.83 bits per heavy atom. The maximum atomic E-state index is 12.4. The molecule has 0 saturated heterocycles. The van der Waals surface area contributed by atoms with Gasteiger partial charge in [-0.05, 0) is 58.0 Å². The van der Waals surface area contributed by atoms with Gasteiger partial charge in [0.25, 0.3) is 5.91 Å². The van der Waals surface area contributed by atoms with Crippen LogP contribution in [0, 0.1) is 6.92 Å². The largest absolute Gasteiger partial charge is 0.490 e. The van der Waals surface area contributed by atoms with Crippen molar-refractivity contribution in [3.05, 3.63) is 53.9 Å². The summed E-state index contributed by atoms with van der Waals surface area (Å²) in [6, 6.07) is 13.4. The monoisotopic (exact) mass is 394 g/mol. The van der Waals surface area contributed by atoms with E-state index in [4.69, 9.17) is 9.47 Å². The van der Waals surface area contributed by atoms with Gasteiger partial charge in [-0.2, -0.15) is 5.10 Å². The standard InChI is InChI=1S/C22H26N4O3/c1-5-28-20-12-11-17(13-21(20)29-6-2)15(3)24-25-22(27)14-26-16(4)23-18-9-7-8-10-19(18)26/h7-13H,5-6,14H2,1-4H3,(H,25,27)/b24-15-. The molecule has 1 N–H and O–H groups in total. The first-order valence-corrected chi connectivity index (χ1v) is 9.68. The molecular weight excluding hydrogens is 368 g/mol. The summed E-state index contributed by atoms with van der Waals surface area (Å²) in [6.07, 6.45) is 0. The molecule has 2 aromatic carbocycles. The Hall–Kier alpha value is -3.35. The Labute approximate surface area is 170 Å². The van der Waals surface area contributed by atoms with E-state index in [1.165, 1.54) is 0 Å². The number of imidazole rings is 1. The lowest BCUT2D eigenvalue weighted by atomic mass is 10.1. The Kier molecular flexibility index (Phi) is 6.49. The fourth-order valence-corrected chi connectivity index (χ4v) is 3.06. The molecule has 29 heavy (non-hydrogen) atoms. The first-order valence-electron chi connectivity index (χ1n) is 9.68. The highest BCUT2D eigenvalue weighted by atomic mass is 16.5. The predicted octanol–water partition coefficient (Wildman–Crippen LogP) is 3.68. The van der Waals surface area contributed by atoms with Crippen LogP contribution in [-0.2, 0) is 11.3 Å². The number of aromatic nitrogens is 2. The van der Waals surface area contributed by atoms with Crippen molar-refractivity contribution in [1.29, 1.82) is 0 Å². The van der Waals surface area contributed by atoms with Crippen LogP contribution >= 0.6 is 0 Å². The summed E-state index contributed by atoms with van der Waals surface area (Å²) in [5.41, 5.74) is 5.95. The quantitative estimate of drug-likeness (QED) is 0.467. The summed E-state index contributed by atoms with van der Waals surface area (Å²) in [4.78, 5) is 16.9. The summed E-state index contributed by atoms with van der Waals surface area (Å²) < 4.78 is 13.1. The van der Waals surface area contributed by atoms with Crippen LogP contribution in [0.1, 0.15) is 32.2 Å². The van der Waals surface area contributed by atoms with E-state index in [-0.39, 0.29) is 12.5 Å². The van der Waals surface area contributed by atoms with Gasteiger partial charge in [0, 0.05) is 5.56 Å². The zero-order valence-electron chi connectivity index (χ0n) is 17.2. The third-order valence-corrected chi connectivity index (χ3v) is 4.46. The van der Waals surface area contributed by atoms with Crippen LogP contribution in [0.15, 0.2) is 47.6 Å². The minimum atomic E-state index is -0.216. The first-order chi connectivity index (χ1) is 14.0. The summed E-state index contributed by atoms with van der Waals surface area (Å²) >= 11 is 0. The number of fused-ring (bicyclic) bond motifs is 1. The van der Waals surface area contributed by atoms with Crippen molar-refractivity contribution < 1.29 is 14.3 Å². The number of para-hydroxylation sites is 2. The fourth-order valence-electron chi connectivity index (χ4n) is 3.06. The molecule has 0 spiro atoms. The van der Waals surface area contributed by atoms with Crippen molar-refractivity contribution in [2.75, 3.05) is 13.2 Å². The van der Waals surface area contributed by atoms with Crippen molar-refractivity contribution >= 4 is 22.7 Å². The average molecular weight is 394 g/mol. The molecule has 7 heteroatoms. The molecule has 0 bridgehead atoms. The molecule has 152 valence electrons. The molecule has 0 radical (unpaired) electrons. The van der Waals surface area contributed by atoms with Crippen molar-refractivity contribution in [1.82, 2.24) is 15.0 Å². The van der Waals surface area contributed by atoms with Crippen molar-refractivity contribution in [2.45, 2.75) is 34.2 Å². The van der Waals surface area contributed by atoms with E-state index >= 15 is 0 Å². The topological polar surface area (TPSA) is 77.7 Å². The number of amides is 1. The van der Waals surface area contributed by atoms with E-state index in [0.29, 0.717) is 30.4 Å². The normalized spacial score (nSPS) is 11.5. The second-order valence-corrected chi connectivity index (χ2v) is 6.49. The van der Waals surface area contributed by atoms with Gasteiger partial charge in [-0.25, -0.2) is 10.4 Å². The smallest absolute Gasteiger partial charge is 0.260 e. The van der Waals surface area contributed by atoms with Gasteiger partial charge in [-0.1, -0.05) is 12.1 Å². The predicted molar refractivity (Wildman–Crippen MR) is 114 cm³/mol. The molecule has 1 aromatic heterocycles. The van der Waals surface area contributed by atoms with E-state index < -0.39 is 0 Å². The second kappa shape index (κ2) is 9.23. The van der Waals surface area contributed by atoms with Crippen molar-refractivity contribution in [3.63, 3.8) is 0 Å². The van der Waals surface area contributed by atoms with Crippen LogP contribution in [0.5, 0.6) is 11.5 Å². The molecule has 1 amide bonds.